The van der Waals surface area contributed by atoms with Gasteiger partial charge in [-0.25, -0.2) is 0 Å². The van der Waals surface area contributed by atoms with E-state index < -0.39 is 0 Å². The zero-order chi connectivity index (χ0) is 14.2. The molecule has 1 aromatic rings. The van der Waals surface area contributed by atoms with E-state index in [2.05, 4.69) is 5.32 Å². The van der Waals surface area contributed by atoms with Crippen LogP contribution >= 0.6 is 11.6 Å². The fourth-order valence-electron chi connectivity index (χ4n) is 2.24. The van der Waals surface area contributed by atoms with Crippen molar-refractivity contribution < 1.29 is 14.6 Å². The van der Waals surface area contributed by atoms with E-state index in [0.717, 1.165) is 0 Å². The fourth-order valence-corrected chi connectivity index (χ4v) is 2.41. The van der Waals surface area contributed by atoms with Crippen molar-refractivity contribution >= 4 is 17.5 Å². The highest BCUT2D eigenvalue weighted by Gasteiger charge is 2.48. The van der Waals surface area contributed by atoms with Crippen LogP contribution in [0.25, 0.3) is 0 Å². The molecule has 2 unspecified atom stereocenters. The van der Waals surface area contributed by atoms with Crippen molar-refractivity contribution in [2.24, 2.45) is 5.41 Å². The Morgan fingerprint density at radius 1 is 1.53 bits per heavy atom. The van der Waals surface area contributed by atoms with Crippen LogP contribution in [0.3, 0.4) is 0 Å². The molecule has 2 rings (SSSR count). The lowest BCUT2D eigenvalue weighted by Crippen LogP contribution is -2.61. The maximum absolute atomic E-state index is 12.2. The average Bonchev–Trinajstić information content (AvgIpc) is 2.38. The standard InChI is InChI=1S/C14H18ClNO3/c1-14(2)11(7-12(14)17)16-13(18)9-6-8(15)4-5-10(9)19-3/h4-6,11-12,17H,7H2,1-3H3,(H,16,18). The van der Waals surface area contributed by atoms with E-state index in [1.807, 2.05) is 13.8 Å². The second kappa shape index (κ2) is 5.02. The van der Waals surface area contributed by atoms with E-state index in [-0.39, 0.29) is 23.5 Å². The van der Waals surface area contributed by atoms with E-state index >= 15 is 0 Å². The second-order valence-corrected chi connectivity index (χ2v) is 5.88. The third-order valence-corrected chi connectivity index (χ3v) is 4.16. The molecule has 2 N–H and O–H groups in total. The molecule has 0 saturated heterocycles. The lowest BCUT2D eigenvalue weighted by Gasteiger charge is -2.49. The van der Waals surface area contributed by atoms with Crippen LogP contribution in [-0.4, -0.2) is 30.3 Å². The van der Waals surface area contributed by atoms with Crippen LogP contribution in [0.5, 0.6) is 5.75 Å². The Labute approximate surface area is 117 Å². The summed E-state index contributed by atoms with van der Waals surface area (Å²) in [6.45, 7) is 3.86. The average molecular weight is 284 g/mol. The molecule has 0 radical (unpaired) electrons. The Bertz CT molecular complexity index is 501. The SMILES string of the molecule is COc1ccc(Cl)cc1C(=O)NC1CC(O)C1(C)C. The van der Waals surface area contributed by atoms with Gasteiger partial charge in [0.1, 0.15) is 5.75 Å². The molecular weight excluding hydrogens is 266 g/mol. The highest BCUT2D eigenvalue weighted by atomic mass is 35.5. The summed E-state index contributed by atoms with van der Waals surface area (Å²) >= 11 is 5.91. The number of aliphatic hydroxyl groups excluding tert-OH is 1. The first-order valence-corrected chi connectivity index (χ1v) is 6.56. The number of methoxy groups -OCH3 is 1. The number of rotatable bonds is 3. The molecule has 0 heterocycles. The highest BCUT2D eigenvalue weighted by molar-refractivity contribution is 6.31. The number of hydrogen-bond donors (Lipinski definition) is 2. The van der Waals surface area contributed by atoms with Crippen LogP contribution in [0.15, 0.2) is 18.2 Å². The van der Waals surface area contributed by atoms with Gasteiger partial charge in [-0.15, -0.1) is 0 Å². The molecule has 1 aliphatic carbocycles. The summed E-state index contributed by atoms with van der Waals surface area (Å²) in [7, 11) is 1.51. The predicted octanol–water partition coefficient (Wildman–Crippen LogP) is 2.24. The molecule has 0 spiro atoms. The number of nitrogens with one attached hydrogen (secondary N) is 1. The van der Waals surface area contributed by atoms with Gasteiger partial charge in [-0.05, 0) is 24.6 Å². The van der Waals surface area contributed by atoms with Crippen LogP contribution in [0, 0.1) is 5.41 Å². The summed E-state index contributed by atoms with van der Waals surface area (Å²) in [5, 5.41) is 13.1. The first-order chi connectivity index (χ1) is 8.86. The first-order valence-electron chi connectivity index (χ1n) is 6.18. The molecular formula is C14H18ClNO3. The summed E-state index contributed by atoms with van der Waals surface area (Å²) in [5.74, 6) is 0.254. The number of halogens is 1. The molecule has 0 bridgehead atoms. The molecule has 1 aliphatic rings. The van der Waals surface area contributed by atoms with E-state index in [4.69, 9.17) is 16.3 Å². The van der Waals surface area contributed by atoms with Gasteiger partial charge in [0, 0.05) is 16.5 Å². The normalized spacial score (nSPS) is 24.5. The van der Waals surface area contributed by atoms with Crippen LogP contribution < -0.4 is 10.1 Å². The summed E-state index contributed by atoms with van der Waals surface area (Å²) in [4.78, 5) is 12.2. The van der Waals surface area contributed by atoms with Crippen LogP contribution in [0.1, 0.15) is 30.6 Å². The maximum Gasteiger partial charge on any atom is 0.255 e. The van der Waals surface area contributed by atoms with E-state index in [0.29, 0.717) is 22.8 Å². The molecule has 5 heteroatoms. The van der Waals surface area contributed by atoms with Gasteiger partial charge in [-0.1, -0.05) is 25.4 Å². The zero-order valence-corrected chi connectivity index (χ0v) is 12.0. The van der Waals surface area contributed by atoms with Crippen molar-refractivity contribution in [3.63, 3.8) is 0 Å². The second-order valence-electron chi connectivity index (χ2n) is 5.44. The monoisotopic (exact) mass is 283 g/mol. The molecule has 104 valence electrons. The van der Waals surface area contributed by atoms with Gasteiger partial charge in [0.05, 0.1) is 18.8 Å². The molecule has 19 heavy (non-hydrogen) atoms. The van der Waals surface area contributed by atoms with E-state index in [1.54, 1.807) is 18.2 Å². The third-order valence-electron chi connectivity index (χ3n) is 3.93. The number of amides is 1. The van der Waals surface area contributed by atoms with Crippen LogP contribution in [-0.2, 0) is 0 Å². The van der Waals surface area contributed by atoms with Gasteiger partial charge in [0.15, 0.2) is 0 Å². The minimum atomic E-state index is -0.376. The number of carbonyl (C=O) groups excluding carboxylic acids is 1. The predicted molar refractivity (Wildman–Crippen MR) is 73.7 cm³/mol. The van der Waals surface area contributed by atoms with Gasteiger partial charge >= 0.3 is 0 Å². The van der Waals surface area contributed by atoms with Crippen LogP contribution in [0.4, 0.5) is 0 Å². The molecule has 1 saturated carbocycles. The Morgan fingerprint density at radius 2 is 2.21 bits per heavy atom. The van der Waals surface area contributed by atoms with Crippen molar-refractivity contribution in [2.75, 3.05) is 7.11 Å². The molecule has 0 aromatic heterocycles. The van der Waals surface area contributed by atoms with Crippen molar-refractivity contribution in [1.82, 2.24) is 5.32 Å². The minimum absolute atomic E-state index is 0.0429. The molecule has 2 atom stereocenters. The van der Waals surface area contributed by atoms with Gasteiger partial charge in [0.2, 0.25) is 0 Å². The summed E-state index contributed by atoms with van der Waals surface area (Å²) in [6, 6.07) is 4.88. The Kier molecular flexibility index (Phi) is 3.74. The van der Waals surface area contributed by atoms with Crippen molar-refractivity contribution in [3.8, 4) is 5.75 Å². The maximum atomic E-state index is 12.2. The molecule has 4 nitrogen and oxygen atoms in total. The van der Waals surface area contributed by atoms with Gasteiger partial charge in [-0.2, -0.15) is 0 Å². The van der Waals surface area contributed by atoms with E-state index in [9.17, 15) is 9.90 Å². The highest BCUT2D eigenvalue weighted by Crippen LogP contribution is 2.40. The molecule has 1 amide bonds. The number of ether oxygens (including phenoxy) is 1. The number of carbonyl (C=O) groups is 1. The smallest absolute Gasteiger partial charge is 0.255 e. The topological polar surface area (TPSA) is 58.6 Å². The molecule has 0 aliphatic heterocycles. The van der Waals surface area contributed by atoms with Crippen LogP contribution in [0.2, 0.25) is 5.02 Å². The quantitative estimate of drug-likeness (QED) is 0.894. The lowest BCUT2D eigenvalue weighted by atomic mass is 9.64. The fraction of sp³-hybridized carbons (Fsp3) is 0.500. The molecule has 1 aromatic carbocycles. The van der Waals surface area contributed by atoms with Crippen molar-refractivity contribution in [2.45, 2.75) is 32.4 Å². The number of hydrogen-bond acceptors (Lipinski definition) is 3. The van der Waals surface area contributed by atoms with E-state index in [1.165, 1.54) is 7.11 Å². The van der Waals surface area contributed by atoms with Gasteiger partial charge in [0.25, 0.3) is 5.91 Å². The zero-order valence-electron chi connectivity index (χ0n) is 11.2. The Hall–Kier alpha value is -1.26. The van der Waals surface area contributed by atoms with Crippen molar-refractivity contribution in [1.29, 1.82) is 0 Å². The van der Waals surface area contributed by atoms with Gasteiger partial charge < -0.3 is 15.2 Å². The number of aliphatic hydroxyl groups is 1. The molecule has 1 fully saturated rings. The largest absolute Gasteiger partial charge is 0.496 e. The third kappa shape index (κ3) is 2.55. The Morgan fingerprint density at radius 3 is 2.74 bits per heavy atom. The lowest BCUT2D eigenvalue weighted by molar-refractivity contribution is -0.0689. The summed E-state index contributed by atoms with van der Waals surface area (Å²) in [5.41, 5.74) is 0.105. The number of benzene rings is 1. The summed E-state index contributed by atoms with van der Waals surface area (Å²) < 4.78 is 5.16. The first kappa shape index (κ1) is 14.2. The van der Waals surface area contributed by atoms with Crippen molar-refractivity contribution in [3.05, 3.63) is 28.8 Å². The van der Waals surface area contributed by atoms with Gasteiger partial charge in [-0.3, -0.25) is 4.79 Å². The minimum Gasteiger partial charge on any atom is -0.496 e. The Balaban J connectivity index is 2.15. The summed E-state index contributed by atoms with van der Waals surface area (Å²) in [6.07, 6.45) is 0.195.